The summed E-state index contributed by atoms with van der Waals surface area (Å²) in [5, 5.41) is 0.883. The second-order valence-corrected chi connectivity index (χ2v) is 6.76. The first kappa shape index (κ1) is 14.4. The lowest BCUT2D eigenvalue weighted by atomic mass is 10.0. The van der Waals surface area contributed by atoms with Crippen LogP contribution in [-0.2, 0) is 0 Å². The van der Waals surface area contributed by atoms with E-state index in [0.29, 0.717) is 16.4 Å². The Morgan fingerprint density at radius 1 is 1.38 bits per heavy atom. The largest absolute Gasteiger partial charge is 0.392 e. The van der Waals surface area contributed by atoms with Crippen molar-refractivity contribution in [1.82, 2.24) is 4.90 Å². The van der Waals surface area contributed by atoms with E-state index in [-0.39, 0.29) is 17.8 Å². The molecule has 1 fully saturated rings. The molecule has 1 amide bonds. The highest BCUT2D eigenvalue weighted by Crippen LogP contribution is 2.29. The molecular weight excluding hydrogens is 307 g/mol. The summed E-state index contributed by atoms with van der Waals surface area (Å²) in [7, 11) is 0. The van der Waals surface area contributed by atoms with Crippen molar-refractivity contribution in [3.63, 3.8) is 0 Å². The van der Waals surface area contributed by atoms with Gasteiger partial charge in [-0.25, -0.2) is 4.39 Å². The number of nitrogens with two attached hydrogens (primary N) is 1. The number of carbonyl (C=O) groups is 1. The number of rotatable bonds is 2. The fraction of sp³-hybridized carbons (Fsp3) is 0.333. The highest BCUT2D eigenvalue weighted by Gasteiger charge is 2.30. The van der Waals surface area contributed by atoms with Crippen molar-refractivity contribution in [2.75, 3.05) is 6.54 Å². The van der Waals surface area contributed by atoms with Gasteiger partial charge in [0.05, 0.1) is 15.9 Å². The standard InChI is InChI=1S/C15H15FN2OS2/c16-10-5-4-9-7-13(21-12(9)8-10)15(19)18-6-2-1-3-11(18)14(17)20/h4-5,7-8,11H,1-3,6H2,(H2,17,20). The lowest BCUT2D eigenvalue weighted by molar-refractivity contribution is 0.0686. The lowest BCUT2D eigenvalue weighted by Gasteiger charge is -2.34. The minimum absolute atomic E-state index is 0.0610. The van der Waals surface area contributed by atoms with Gasteiger partial charge in [0.2, 0.25) is 0 Å². The highest BCUT2D eigenvalue weighted by molar-refractivity contribution is 7.80. The van der Waals surface area contributed by atoms with Crippen LogP contribution in [0.5, 0.6) is 0 Å². The van der Waals surface area contributed by atoms with Crippen molar-refractivity contribution in [1.29, 1.82) is 0 Å². The van der Waals surface area contributed by atoms with E-state index in [0.717, 1.165) is 29.3 Å². The van der Waals surface area contributed by atoms with Crippen LogP contribution < -0.4 is 5.73 Å². The van der Waals surface area contributed by atoms with Gasteiger partial charge in [0.1, 0.15) is 5.82 Å². The summed E-state index contributed by atoms with van der Waals surface area (Å²) in [6.07, 6.45) is 2.81. The molecule has 1 aliphatic rings. The maximum absolute atomic E-state index is 13.2. The normalized spacial score (nSPS) is 18.9. The zero-order valence-electron chi connectivity index (χ0n) is 11.3. The number of halogens is 1. The second-order valence-electron chi connectivity index (χ2n) is 5.21. The molecule has 0 radical (unpaired) electrons. The monoisotopic (exact) mass is 322 g/mol. The van der Waals surface area contributed by atoms with Gasteiger partial charge in [-0.3, -0.25) is 4.79 Å². The van der Waals surface area contributed by atoms with Gasteiger partial charge >= 0.3 is 0 Å². The van der Waals surface area contributed by atoms with Crippen LogP contribution in [-0.4, -0.2) is 28.4 Å². The third-order valence-corrected chi connectivity index (χ3v) is 5.14. The van der Waals surface area contributed by atoms with Crippen LogP contribution in [0.4, 0.5) is 4.39 Å². The van der Waals surface area contributed by atoms with Crippen LogP contribution in [0.25, 0.3) is 10.1 Å². The summed E-state index contributed by atoms with van der Waals surface area (Å²) in [5.41, 5.74) is 5.76. The molecule has 3 rings (SSSR count). The number of amides is 1. The molecule has 1 aliphatic heterocycles. The Morgan fingerprint density at radius 3 is 2.95 bits per heavy atom. The van der Waals surface area contributed by atoms with Gasteiger partial charge in [-0.2, -0.15) is 0 Å². The molecule has 0 spiro atoms. The van der Waals surface area contributed by atoms with Crippen molar-refractivity contribution in [3.05, 3.63) is 35.0 Å². The third-order valence-electron chi connectivity index (χ3n) is 3.78. The number of thiophene rings is 1. The Hall–Kier alpha value is -1.53. The smallest absolute Gasteiger partial charge is 0.264 e. The van der Waals surface area contributed by atoms with E-state index in [2.05, 4.69) is 0 Å². The SMILES string of the molecule is NC(=S)C1CCCCN1C(=O)c1cc2ccc(F)cc2s1. The molecule has 1 atom stereocenters. The predicted octanol–water partition coefficient (Wildman–Crippen LogP) is 3.32. The quantitative estimate of drug-likeness (QED) is 0.863. The zero-order valence-corrected chi connectivity index (χ0v) is 13.0. The number of piperidine rings is 1. The van der Waals surface area contributed by atoms with Gasteiger partial charge in [-0.15, -0.1) is 11.3 Å². The summed E-state index contributed by atoms with van der Waals surface area (Å²) in [6.45, 7) is 0.670. The van der Waals surface area contributed by atoms with Gasteiger partial charge in [0.25, 0.3) is 5.91 Å². The molecule has 1 aromatic heterocycles. The van der Waals surface area contributed by atoms with Crippen LogP contribution in [0.1, 0.15) is 28.9 Å². The van der Waals surface area contributed by atoms with E-state index < -0.39 is 0 Å². The van der Waals surface area contributed by atoms with E-state index in [1.165, 1.54) is 23.5 Å². The Morgan fingerprint density at radius 2 is 2.19 bits per heavy atom. The van der Waals surface area contributed by atoms with Gasteiger partial charge < -0.3 is 10.6 Å². The lowest BCUT2D eigenvalue weighted by Crippen LogP contribution is -2.49. The first-order chi connectivity index (χ1) is 10.1. The fourth-order valence-electron chi connectivity index (χ4n) is 2.72. The molecule has 2 heterocycles. The van der Waals surface area contributed by atoms with Crippen molar-refractivity contribution in [2.45, 2.75) is 25.3 Å². The Bertz CT molecular complexity index is 713. The summed E-state index contributed by atoms with van der Waals surface area (Å²) < 4.78 is 14.0. The first-order valence-electron chi connectivity index (χ1n) is 6.85. The van der Waals surface area contributed by atoms with Crippen LogP contribution in [0.15, 0.2) is 24.3 Å². The van der Waals surface area contributed by atoms with Gasteiger partial charge in [0, 0.05) is 11.2 Å². The number of thiocarbonyl (C=S) groups is 1. The number of hydrogen-bond donors (Lipinski definition) is 1. The van der Waals surface area contributed by atoms with Gasteiger partial charge in [0.15, 0.2) is 0 Å². The number of fused-ring (bicyclic) bond motifs is 1. The van der Waals surface area contributed by atoms with E-state index in [4.69, 9.17) is 18.0 Å². The van der Waals surface area contributed by atoms with E-state index in [9.17, 15) is 9.18 Å². The summed E-state index contributed by atoms with van der Waals surface area (Å²) in [6, 6.07) is 6.20. The topological polar surface area (TPSA) is 46.3 Å². The number of nitrogens with zero attached hydrogens (tertiary/aromatic N) is 1. The average molecular weight is 322 g/mol. The molecular formula is C15H15FN2OS2. The molecule has 0 bridgehead atoms. The fourth-order valence-corrected chi connectivity index (χ4v) is 4.01. The molecule has 3 nitrogen and oxygen atoms in total. The second kappa shape index (κ2) is 5.69. The van der Waals surface area contributed by atoms with Gasteiger partial charge in [-0.1, -0.05) is 18.3 Å². The summed E-state index contributed by atoms with van der Waals surface area (Å²) in [5.74, 6) is -0.351. The maximum atomic E-state index is 13.2. The molecule has 2 aromatic rings. The van der Waals surface area contributed by atoms with Crippen molar-refractivity contribution < 1.29 is 9.18 Å². The molecule has 21 heavy (non-hydrogen) atoms. The van der Waals surface area contributed by atoms with Gasteiger partial charge in [-0.05, 0) is 42.8 Å². The molecule has 1 saturated heterocycles. The minimum Gasteiger partial charge on any atom is -0.392 e. The van der Waals surface area contributed by atoms with E-state index in [1.807, 2.05) is 6.07 Å². The minimum atomic E-state index is -0.290. The maximum Gasteiger partial charge on any atom is 0.264 e. The highest BCUT2D eigenvalue weighted by atomic mass is 32.1. The molecule has 1 unspecified atom stereocenters. The number of hydrogen-bond acceptors (Lipinski definition) is 3. The van der Waals surface area contributed by atoms with Crippen molar-refractivity contribution >= 4 is 44.5 Å². The Balaban J connectivity index is 1.93. The number of benzene rings is 1. The van der Waals surface area contributed by atoms with Crippen molar-refractivity contribution in [3.8, 4) is 0 Å². The molecule has 0 aliphatic carbocycles. The van der Waals surface area contributed by atoms with E-state index in [1.54, 1.807) is 11.0 Å². The van der Waals surface area contributed by atoms with E-state index >= 15 is 0 Å². The molecule has 6 heteroatoms. The van der Waals surface area contributed by atoms with Crippen molar-refractivity contribution in [2.24, 2.45) is 5.73 Å². The number of carbonyl (C=O) groups excluding carboxylic acids is 1. The first-order valence-corrected chi connectivity index (χ1v) is 8.08. The zero-order chi connectivity index (χ0) is 15.0. The van der Waals surface area contributed by atoms with Crippen LogP contribution in [0, 0.1) is 5.82 Å². The molecule has 1 aromatic carbocycles. The number of likely N-dealkylation sites (tertiary alicyclic amines) is 1. The van der Waals surface area contributed by atoms with Crippen LogP contribution >= 0.6 is 23.6 Å². The van der Waals surface area contributed by atoms with Crippen LogP contribution in [0.3, 0.4) is 0 Å². The molecule has 110 valence electrons. The Kier molecular flexibility index (Phi) is 3.91. The third kappa shape index (κ3) is 2.78. The van der Waals surface area contributed by atoms with Crippen LogP contribution in [0.2, 0.25) is 0 Å². The summed E-state index contributed by atoms with van der Waals surface area (Å²) in [4.78, 5) is 15.4. The Labute approximate surface area is 131 Å². The predicted molar refractivity (Wildman–Crippen MR) is 87.2 cm³/mol. The average Bonchev–Trinajstić information content (AvgIpc) is 2.89. The molecule has 0 saturated carbocycles. The summed E-state index contributed by atoms with van der Waals surface area (Å²) >= 11 is 6.39. The molecule has 2 N–H and O–H groups in total.